The van der Waals surface area contributed by atoms with Gasteiger partial charge in [0.2, 0.25) is 0 Å². The maximum absolute atomic E-state index is 14.7. The molecule has 1 heterocycles. The predicted octanol–water partition coefficient (Wildman–Crippen LogP) is 2.10. The summed E-state index contributed by atoms with van der Waals surface area (Å²) >= 11 is 0. The van der Waals surface area contributed by atoms with Gasteiger partial charge in [0.15, 0.2) is 11.4 Å². The summed E-state index contributed by atoms with van der Waals surface area (Å²) in [5.74, 6) is -3.79. The van der Waals surface area contributed by atoms with E-state index in [-0.39, 0.29) is 23.6 Å². The highest BCUT2D eigenvalue weighted by molar-refractivity contribution is 6.04. The molecule has 31 heavy (non-hydrogen) atoms. The molecule has 3 amide bonds. The number of urea groups is 1. The van der Waals surface area contributed by atoms with Crippen molar-refractivity contribution in [1.29, 1.82) is 0 Å². The lowest BCUT2D eigenvalue weighted by molar-refractivity contribution is 0.0171. The van der Waals surface area contributed by atoms with E-state index >= 15 is 0 Å². The molecule has 0 unspecified atom stereocenters. The number of pyridine rings is 1. The third-order valence-electron chi connectivity index (χ3n) is 5.02. The topological polar surface area (TPSA) is 132 Å². The normalized spacial score (nSPS) is 19.5. The molecule has 1 aliphatic carbocycles. The van der Waals surface area contributed by atoms with Crippen LogP contribution in [0.15, 0.2) is 30.5 Å². The van der Waals surface area contributed by atoms with Gasteiger partial charge in [-0.2, -0.15) is 0 Å². The number of nitrogens with one attached hydrogen (secondary N) is 2. The lowest BCUT2D eigenvalue weighted by Gasteiger charge is -2.35. The molecule has 1 saturated carbocycles. The fraction of sp³-hybridized carbons (Fsp3) is 0.316. The summed E-state index contributed by atoms with van der Waals surface area (Å²) in [4.78, 5) is 27.7. The summed E-state index contributed by atoms with van der Waals surface area (Å²) in [6.45, 7) is 0. The average molecular weight is 441 g/mol. The van der Waals surface area contributed by atoms with Crippen LogP contribution in [0, 0.1) is 17.6 Å². The first kappa shape index (κ1) is 22.3. The second-order valence-electron chi connectivity index (χ2n) is 7.02. The molecule has 0 spiro atoms. The molecular formula is C19H19F4N5O3. The predicted molar refractivity (Wildman–Crippen MR) is 102 cm³/mol. The summed E-state index contributed by atoms with van der Waals surface area (Å²) in [7, 11) is 1.20. The van der Waals surface area contributed by atoms with Crippen LogP contribution in [0.3, 0.4) is 0 Å². The van der Waals surface area contributed by atoms with Crippen LogP contribution in [0.2, 0.25) is 0 Å². The summed E-state index contributed by atoms with van der Waals surface area (Å²) in [5.41, 5.74) is 7.37. The molecule has 0 saturated heterocycles. The van der Waals surface area contributed by atoms with Gasteiger partial charge in [-0.1, -0.05) is 0 Å². The van der Waals surface area contributed by atoms with Gasteiger partial charge in [-0.15, -0.1) is 0 Å². The summed E-state index contributed by atoms with van der Waals surface area (Å²) in [5, 5.41) is 4.33. The number of hydrogen-bond acceptors (Lipinski definition) is 5. The molecule has 166 valence electrons. The molecule has 0 bridgehead atoms. The first-order valence-electron chi connectivity index (χ1n) is 9.02. The Morgan fingerprint density at radius 3 is 2.52 bits per heavy atom. The van der Waals surface area contributed by atoms with E-state index in [0.29, 0.717) is 0 Å². The molecular weight excluding hydrogens is 422 g/mol. The second kappa shape index (κ2) is 8.38. The van der Waals surface area contributed by atoms with Crippen molar-refractivity contribution < 1.29 is 31.9 Å². The number of benzene rings is 1. The number of carbonyl (C=O) groups is 2. The number of primary amides is 1. The minimum atomic E-state index is -3.25. The van der Waals surface area contributed by atoms with Crippen molar-refractivity contribution in [1.82, 2.24) is 10.3 Å². The number of hydrogen-bond donors (Lipinski definition) is 4. The van der Waals surface area contributed by atoms with Gasteiger partial charge < -0.3 is 26.8 Å². The van der Waals surface area contributed by atoms with Gasteiger partial charge in [-0.3, -0.25) is 4.79 Å². The van der Waals surface area contributed by atoms with Crippen molar-refractivity contribution in [3.63, 3.8) is 0 Å². The van der Waals surface area contributed by atoms with Gasteiger partial charge in [0.25, 0.3) is 12.3 Å². The SMILES string of the molecule is COc1cc(F)cnc1C(=O)Nc1ccc(F)c([C@](NC(N)=O)(C(F)F)[C@H]2C[C@H]2N)c1. The van der Waals surface area contributed by atoms with Gasteiger partial charge in [0.1, 0.15) is 17.2 Å². The Balaban J connectivity index is 2.01. The molecule has 1 aromatic carbocycles. The fourth-order valence-electron chi connectivity index (χ4n) is 3.49. The van der Waals surface area contributed by atoms with Gasteiger partial charge >= 0.3 is 6.03 Å². The average Bonchev–Trinajstić information content (AvgIpc) is 3.43. The first-order chi connectivity index (χ1) is 14.6. The Morgan fingerprint density at radius 2 is 1.97 bits per heavy atom. The van der Waals surface area contributed by atoms with Crippen LogP contribution >= 0.6 is 0 Å². The van der Waals surface area contributed by atoms with Gasteiger partial charge in [0, 0.05) is 29.3 Å². The Labute approximate surface area is 174 Å². The van der Waals surface area contributed by atoms with Gasteiger partial charge in [0.05, 0.1) is 13.3 Å². The lowest BCUT2D eigenvalue weighted by Crippen LogP contribution is -2.56. The van der Waals surface area contributed by atoms with Crippen molar-refractivity contribution in [2.75, 3.05) is 12.4 Å². The number of anilines is 1. The van der Waals surface area contributed by atoms with E-state index in [9.17, 15) is 27.2 Å². The molecule has 6 N–H and O–H groups in total. The van der Waals surface area contributed by atoms with Crippen LogP contribution in [0.5, 0.6) is 5.75 Å². The number of methoxy groups -OCH3 is 1. The van der Waals surface area contributed by atoms with Crippen LogP contribution in [0.1, 0.15) is 22.5 Å². The standard InChI is InChI=1S/C19H19F4N5O3/c1-31-14-4-8(20)7-26-15(14)16(29)27-9-2-3-12(21)10(5-9)19(17(22)23,28-18(25)30)11-6-13(11)24/h2-5,7,11,13,17H,6,24H2,1H3,(H,27,29)(H3,25,28,30)/t11-,13+,19+/m0/s1. The lowest BCUT2D eigenvalue weighted by atomic mass is 9.84. The third kappa shape index (κ3) is 4.24. The maximum Gasteiger partial charge on any atom is 0.313 e. The molecule has 1 aliphatic rings. The highest BCUT2D eigenvalue weighted by Crippen LogP contribution is 2.49. The van der Waals surface area contributed by atoms with E-state index in [1.165, 1.54) is 7.11 Å². The van der Waals surface area contributed by atoms with E-state index < -0.39 is 53.1 Å². The molecule has 0 aliphatic heterocycles. The summed E-state index contributed by atoms with van der Waals surface area (Å²) in [6.07, 6.45) is -2.35. The minimum absolute atomic E-state index is 0.0832. The Morgan fingerprint density at radius 1 is 1.29 bits per heavy atom. The fourth-order valence-corrected chi connectivity index (χ4v) is 3.49. The molecule has 1 fully saturated rings. The molecule has 0 radical (unpaired) electrons. The summed E-state index contributed by atoms with van der Waals surface area (Å²) < 4.78 is 61.3. The van der Waals surface area contributed by atoms with Crippen molar-refractivity contribution in [3.8, 4) is 5.75 Å². The number of ether oxygens (including phenoxy) is 1. The minimum Gasteiger partial charge on any atom is -0.494 e. The van der Waals surface area contributed by atoms with Crippen molar-refractivity contribution >= 4 is 17.6 Å². The van der Waals surface area contributed by atoms with Gasteiger partial charge in [-0.05, 0) is 24.6 Å². The van der Waals surface area contributed by atoms with Crippen molar-refractivity contribution in [3.05, 3.63) is 53.4 Å². The number of halogens is 4. The zero-order chi connectivity index (χ0) is 22.9. The maximum atomic E-state index is 14.7. The number of nitrogens with two attached hydrogens (primary N) is 2. The van der Waals surface area contributed by atoms with E-state index in [2.05, 4.69) is 10.3 Å². The number of rotatable bonds is 7. The van der Waals surface area contributed by atoms with E-state index in [0.717, 1.165) is 30.5 Å². The monoisotopic (exact) mass is 441 g/mol. The number of alkyl halides is 2. The smallest absolute Gasteiger partial charge is 0.313 e. The second-order valence-corrected chi connectivity index (χ2v) is 7.02. The highest BCUT2D eigenvalue weighted by Gasteiger charge is 2.59. The molecule has 2 aromatic rings. The number of aromatic nitrogens is 1. The molecule has 3 atom stereocenters. The highest BCUT2D eigenvalue weighted by atomic mass is 19.3. The van der Waals surface area contributed by atoms with Crippen molar-refractivity contribution in [2.24, 2.45) is 17.4 Å². The molecule has 3 rings (SSSR count). The summed E-state index contributed by atoms with van der Waals surface area (Å²) in [6, 6.07) is 1.88. The number of nitrogens with zero attached hydrogens (tertiary/aromatic N) is 1. The molecule has 8 nitrogen and oxygen atoms in total. The largest absolute Gasteiger partial charge is 0.494 e. The third-order valence-corrected chi connectivity index (χ3v) is 5.02. The number of carbonyl (C=O) groups excluding carboxylic acids is 2. The van der Waals surface area contributed by atoms with Gasteiger partial charge in [-0.25, -0.2) is 27.3 Å². The van der Waals surface area contributed by atoms with Crippen LogP contribution in [0.4, 0.5) is 28.0 Å². The zero-order valence-corrected chi connectivity index (χ0v) is 16.2. The van der Waals surface area contributed by atoms with Crippen molar-refractivity contribution in [2.45, 2.75) is 24.4 Å². The van der Waals surface area contributed by atoms with Crippen LogP contribution in [0.25, 0.3) is 0 Å². The zero-order valence-electron chi connectivity index (χ0n) is 16.2. The van der Waals surface area contributed by atoms with Crippen LogP contribution < -0.4 is 26.8 Å². The quantitative estimate of drug-likeness (QED) is 0.489. The van der Waals surface area contributed by atoms with E-state index in [1.54, 1.807) is 0 Å². The Bertz CT molecular complexity index is 1020. The Kier molecular flexibility index (Phi) is 6.02. The number of amides is 3. The first-order valence-corrected chi connectivity index (χ1v) is 9.02. The van der Waals surface area contributed by atoms with Crippen LogP contribution in [-0.4, -0.2) is 36.5 Å². The molecule has 12 heteroatoms. The van der Waals surface area contributed by atoms with E-state index in [1.807, 2.05) is 5.32 Å². The van der Waals surface area contributed by atoms with E-state index in [4.69, 9.17) is 16.2 Å². The van der Waals surface area contributed by atoms with Crippen LogP contribution in [-0.2, 0) is 5.54 Å². The Hall–Kier alpha value is -3.41. The molecule has 1 aromatic heterocycles.